The Morgan fingerprint density at radius 2 is 2.36 bits per heavy atom. The van der Waals surface area contributed by atoms with Gasteiger partial charge in [-0.2, -0.15) is 0 Å². The number of hydrogen-bond donors (Lipinski definition) is 1. The summed E-state index contributed by atoms with van der Waals surface area (Å²) in [5.74, 6) is 0.692. The van der Waals surface area contributed by atoms with Gasteiger partial charge in [-0.15, -0.1) is 6.58 Å². The molecule has 0 bridgehead atoms. The van der Waals surface area contributed by atoms with Crippen LogP contribution in [-0.2, 0) is 4.74 Å². The molecule has 2 nitrogen and oxygen atoms in total. The monoisotopic (exact) mass is 197 g/mol. The van der Waals surface area contributed by atoms with Crippen molar-refractivity contribution in [1.29, 1.82) is 0 Å². The Morgan fingerprint density at radius 1 is 1.64 bits per heavy atom. The van der Waals surface area contributed by atoms with Crippen LogP contribution in [0.1, 0.15) is 33.1 Å². The number of ether oxygens (including phenoxy) is 1. The molecule has 1 rings (SSSR count). The normalized spacial score (nSPS) is 29.1. The molecular formula is C12H23NO. The zero-order valence-corrected chi connectivity index (χ0v) is 9.68. The summed E-state index contributed by atoms with van der Waals surface area (Å²) in [7, 11) is 2.03. The molecule has 0 saturated carbocycles. The molecule has 0 radical (unpaired) electrons. The van der Waals surface area contributed by atoms with Crippen molar-refractivity contribution in [1.82, 2.24) is 5.32 Å². The maximum atomic E-state index is 5.76. The minimum atomic E-state index is 0.402. The highest BCUT2D eigenvalue weighted by Crippen LogP contribution is 2.25. The zero-order valence-electron chi connectivity index (χ0n) is 9.68. The van der Waals surface area contributed by atoms with Crippen LogP contribution in [0.4, 0.5) is 0 Å². The van der Waals surface area contributed by atoms with Crippen LogP contribution in [0.25, 0.3) is 0 Å². The van der Waals surface area contributed by atoms with Gasteiger partial charge in [-0.1, -0.05) is 12.5 Å². The average Bonchev–Trinajstić information content (AvgIpc) is 2.53. The van der Waals surface area contributed by atoms with Gasteiger partial charge < -0.3 is 10.1 Å². The van der Waals surface area contributed by atoms with Crippen LogP contribution in [-0.4, -0.2) is 25.8 Å². The summed E-state index contributed by atoms with van der Waals surface area (Å²) in [5, 5.41) is 3.36. The first-order valence-electron chi connectivity index (χ1n) is 5.58. The van der Waals surface area contributed by atoms with Crippen molar-refractivity contribution in [3.63, 3.8) is 0 Å². The van der Waals surface area contributed by atoms with Crippen molar-refractivity contribution in [2.24, 2.45) is 5.92 Å². The minimum absolute atomic E-state index is 0.402. The van der Waals surface area contributed by atoms with E-state index in [0.717, 1.165) is 19.4 Å². The van der Waals surface area contributed by atoms with E-state index in [-0.39, 0.29) is 0 Å². The highest BCUT2D eigenvalue weighted by molar-refractivity contribution is 4.92. The highest BCUT2D eigenvalue weighted by Gasteiger charge is 2.30. The number of rotatable bonds is 5. The second-order valence-corrected chi connectivity index (χ2v) is 4.49. The molecule has 1 aliphatic heterocycles. The molecule has 0 aliphatic carbocycles. The van der Waals surface area contributed by atoms with Gasteiger partial charge in [-0.05, 0) is 39.2 Å². The summed E-state index contributed by atoms with van der Waals surface area (Å²) >= 11 is 0. The van der Waals surface area contributed by atoms with Gasteiger partial charge >= 0.3 is 0 Å². The summed E-state index contributed by atoms with van der Waals surface area (Å²) in [4.78, 5) is 0. The van der Waals surface area contributed by atoms with Crippen LogP contribution in [0.3, 0.4) is 0 Å². The molecular weight excluding hydrogens is 174 g/mol. The van der Waals surface area contributed by atoms with E-state index in [1.807, 2.05) is 7.05 Å². The average molecular weight is 197 g/mol. The van der Waals surface area contributed by atoms with E-state index in [1.165, 1.54) is 12.0 Å². The lowest BCUT2D eigenvalue weighted by molar-refractivity contribution is 0.0608. The minimum Gasteiger partial charge on any atom is -0.376 e. The highest BCUT2D eigenvalue weighted by atomic mass is 16.5. The molecule has 1 aliphatic rings. The Kier molecular flexibility index (Phi) is 4.63. The Bertz CT molecular complexity index is 191. The lowest BCUT2D eigenvalue weighted by Crippen LogP contribution is -2.40. The van der Waals surface area contributed by atoms with Crippen LogP contribution in [0, 0.1) is 5.92 Å². The third kappa shape index (κ3) is 3.10. The van der Waals surface area contributed by atoms with E-state index < -0.39 is 0 Å². The van der Waals surface area contributed by atoms with Gasteiger partial charge in [-0.3, -0.25) is 0 Å². The molecule has 14 heavy (non-hydrogen) atoms. The lowest BCUT2D eigenvalue weighted by Gasteiger charge is -2.25. The molecule has 82 valence electrons. The van der Waals surface area contributed by atoms with Crippen molar-refractivity contribution in [3.8, 4) is 0 Å². The smallest absolute Gasteiger partial charge is 0.0754 e. The molecule has 0 aromatic heterocycles. The summed E-state index contributed by atoms with van der Waals surface area (Å²) < 4.78 is 5.76. The maximum absolute atomic E-state index is 5.76. The Balaban J connectivity index is 2.40. The summed E-state index contributed by atoms with van der Waals surface area (Å²) in [6, 6.07) is 0.490. The van der Waals surface area contributed by atoms with Gasteiger partial charge in [0.05, 0.1) is 6.10 Å². The van der Waals surface area contributed by atoms with Crippen LogP contribution in [0.5, 0.6) is 0 Å². The van der Waals surface area contributed by atoms with Gasteiger partial charge in [0.25, 0.3) is 0 Å². The third-order valence-corrected chi connectivity index (χ3v) is 3.09. The molecule has 2 heteroatoms. The van der Waals surface area contributed by atoms with Gasteiger partial charge in [0.15, 0.2) is 0 Å². The summed E-state index contributed by atoms with van der Waals surface area (Å²) in [6.07, 6.45) is 3.84. The van der Waals surface area contributed by atoms with Gasteiger partial charge in [0, 0.05) is 12.6 Å². The van der Waals surface area contributed by atoms with Crippen LogP contribution in [0.2, 0.25) is 0 Å². The van der Waals surface area contributed by atoms with E-state index >= 15 is 0 Å². The second kappa shape index (κ2) is 5.52. The van der Waals surface area contributed by atoms with Crippen molar-refractivity contribution >= 4 is 0 Å². The second-order valence-electron chi connectivity index (χ2n) is 4.49. The van der Waals surface area contributed by atoms with Gasteiger partial charge in [0.1, 0.15) is 0 Å². The molecule has 0 amide bonds. The fourth-order valence-corrected chi connectivity index (χ4v) is 2.11. The first-order valence-corrected chi connectivity index (χ1v) is 5.58. The largest absolute Gasteiger partial charge is 0.376 e. The molecule has 3 atom stereocenters. The van der Waals surface area contributed by atoms with Crippen molar-refractivity contribution in [2.75, 3.05) is 13.7 Å². The van der Waals surface area contributed by atoms with Crippen LogP contribution in [0.15, 0.2) is 12.2 Å². The van der Waals surface area contributed by atoms with Gasteiger partial charge in [-0.25, -0.2) is 0 Å². The van der Waals surface area contributed by atoms with E-state index in [0.29, 0.717) is 18.1 Å². The first-order chi connectivity index (χ1) is 6.65. The zero-order chi connectivity index (χ0) is 10.6. The summed E-state index contributed by atoms with van der Waals surface area (Å²) in [6.45, 7) is 9.24. The van der Waals surface area contributed by atoms with Crippen molar-refractivity contribution in [2.45, 2.75) is 45.3 Å². The summed E-state index contributed by atoms with van der Waals surface area (Å²) in [5.41, 5.74) is 1.26. The third-order valence-electron chi connectivity index (χ3n) is 3.09. The molecule has 0 spiro atoms. The Morgan fingerprint density at radius 3 is 2.79 bits per heavy atom. The van der Waals surface area contributed by atoms with E-state index in [4.69, 9.17) is 4.74 Å². The van der Waals surface area contributed by atoms with E-state index in [1.54, 1.807) is 0 Å². The number of nitrogens with one attached hydrogen (secondary N) is 1. The number of likely N-dealkylation sites (N-methyl/N-ethyl adjacent to an activating group) is 1. The van der Waals surface area contributed by atoms with Gasteiger partial charge in [0.2, 0.25) is 0 Å². The van der Waals surface area contributed by atoms with Crippen molar-refractivity contribution < 1.29 is 4.74 Å². The molecule has 0 aromatic carbocycles. The van der Waals surface area contributed by atoms with E-state index in [2.05, 4.69) is 25.7 Å². The molecule has 1 N–H and O–H groups in total. The number of hydrogen-bond acceptors (Lipinski definition) is 2. The first kappa shape index (κ1) is 11.7. The molecule has 1 saturated heterocycles. The number of allylic oxidation sites excluding steroid dienone is 1. The van der Waals surface area contributed by atoms with Crippen LogP contribution >= 0.6 is 0 Å². The van der Waals surface area contributed by atoms with Crippen molar-refractivity contribution in [3.05, 3.63) is 12.2 Å². The Labute approximate surface area is 87.7 Å². The lowest BCUT2D eigenvalue weighted by atomic mass is 9.94. The topological polar surface area (TPSA) is 21.3 Å². The maximum Gasteiger partial charge on any atom is 0.0754 e. The predicted octanol–water partition coefficient (Wildman–Crippen LogP) is 2.36. The standard InChI is InChI=1S/C12H23NO/c1-9(2)5-6-11(13-4)12-10(3)7-8-14-12/h10-13H,1,5-8H2,2-4H3. The molecule has 0 aromatic rings. The quantitative estimate of drug-likeness (QED) is 0.683. The molecule has 1 heterocycles. The Hall–Kier alpha value is -0.340. The molecule has 1 fully saturated rings. The SMILES string of the molecule is C=C(C)CCC(NC)C1OCCC1C. The molecule has 3 unspecified atom stereocenters. The fraction of sp³-hybridized carbons (Fsp3) is 0.833. The van der Waals surface area contributed by atoms with E-state index in [9.17, 15) is 0 Å². The fourth-order valence-electron chi connectivity index (χ4n) is 2.11. The van der Waals surface area contributed by atoms with Crippen LogP contribution < -0.4 is 5.32 Å². The predicted molar refractivity (Wildman–Crippen MR) is 60.4 cm³/mol.